The maximum absolute atomic E-state index is 14.4. The average Bonchev–Trinajstić information content (AvgIpc) is 3.53. The highest BCUT2D eigenvalue weighted by molar-refractivity contribution is 8.00. The first-order chi connectivity index (χ1) is 28.5. The van der Waals surface area contributed by atoms with E-state index in [1.807, 2.05) is 76.2 Å². The zero-order valence-electron chi connectivity index (χ0n) is 36.1. The van der Waals surface area contributed by atoms with Gasteiger partial charge in [-0.1, -0.05) is 64.1 Å². The molecule has 6 amide bonds. The summed E-state index contributed by atoms with van der Waals surface area (Å²) in [6.45, 7) is 11.6. The normalized spacial score (nSPS) is 26.8. The monoisotopic (exact) mass is 862 g/mol. The number of nitrogens with one attached hydrogen (secondary N) is 6. The van der Waals surface area contributed by atoms with Crippen LogP contribution in [0.2, 0.25) is 0 Å². The van der Waals surface area contributed by atoms with Crippen molar-refractivity contribution in [3.8, 4) is 0 Å². The van der Waals surface area contributed by atoms with Gasteiger partial charge in [0, 0.05) is 11.4 Å². The standard InChI is InChI=1S/C44H62N8O6S2/c1-25(45-7)37(53)49-31-19-21-59-33-23-43(3,4)35(51(33)41(31)57)39(55)47-29-15-11-9-13-27(29)17-18-28-14-10-12-16-30(28)48-40(56)36-44(5,6)24-34-52(36)42(58)32(20-22-60-34)50-38(54)26(2)46-8/h9-16,25-26,31-36,45-46H,17-24H2,1-8H3,(H,47,55)(H,48,56)(H,49,53)(H,50,54)/t25-,26-,31-,32-,33?,34?,35+,36+/m0/s1. The quantitative estimate of drug-likeness (QED) is 0.174. The summed E-state index contributed by atoms with van der Waals surface area (Å²) in [6.07, 6.45) is 3.36. The minimum absolute atomic E-state index is 0.180. The van der Waals surface area contributed by atoms with Gasteiger partial charge in [-0.15, -0.1) is 23.5 Å². The molecule has 4 aliphatic heterocycles. The maximum atomic E-state index is 14.4. The van der Waals surface area contributed by atoms with Crippen LogP contribution in [0.3, 0.4) is 0 Å². The summed E-state index contributed by atoms with van der Waals surface area (Å²) in [5.74, 6) is -0.161. The second-order valence-corrected chi connectivity index (χ2v) is 20.4. The van der Waals surface area contributed by atoms with Gasteiger partial charge in [-0.3, -0.25) is 28.8 Å². The Kier molecular flexibility index (Phi) is 14.3. The first-order valence-electron chi connectivity index (χ1n) is 21.1. The number of carbonyl (C=O) groups excluding carboxylic acids is 6. The lowest BCUT2D eigenvalue weighted by molar-refractivity contribution is -0.142. The molecule has 326 valence electrons. The highest BCUT2D eigenvalue weighted by Gasteiger charge is 2.56. The lowest BCUT2D eigenvalue weighted by atomic mass is 9.84. The van der Waals surface area contributed by atoms with Crippen LogP contribution in [0.25, 0.3) is 0 Å². The molecule has 4 heterocycles. The van der Waals surface area contributed by atoms with Gasteiger partial charge in [0.05, 0.1) is 22.8 Å². The van der Waals surface area contributed by atoms with E-state index in [2.05, 4.69) is 31.9 Å². The van der Waals surface area contributed by atoms with Gasteiger partial charge in [-0.2, -0.15) is 0 Å². The number of carbonyl (C=O) groups is 6. The summed E-state index contributed by atoms with van der Waals surface area (Å²) in [4.78, 5) is 85.9. The lowest BCUT2D eigenvalue weighted by Gasteiger charge is -2.34. The van der Waals surface area contributed by atoms with Gasteiger partial charge in [-0.25, -0.2) is 0 Å². The van der Waals surface area contributed by atoms with Gasteiger partial charge in [0.15, 0.2) is 0 Å². The third-order valence-corrected chi connectivity index (χ3v) is 15.1. The molecule has 14 nitrogen and oxygen atoms in total. The molecule has 2 unspecified atom stereocenters. The lowest BCUT2D eigenvalue weighted by Crippen LogP contribution is -2.57. The Balaban J connectivity index is 1.16. The third-order valence-electron chi connectivity index (χ3n) is 12.6. The second kappa shape index (κ2) is 18.9. The van der Waals surface area contributed by atoms with Gasteiger partial charge in [0.2, 0.25) is 35.4 Å². The molecule has 6 rings (SSSR count). The van der Waals surface area contributed by atoms with Crippen LogP contribution < -0.4 is 31.9 Å². The smallest absolute Gasteiger partial charge is 0.247 e. The number of para-hydroxylation sites is 2. The zero-order chi connectivity index (χ0) is 43.5. The number of benzene rings is 2. The Bertz CT molecular complexity index is 1820. The van der Waals surface area contributed by atoms with Crippen molar-refractivity contribution >= 4 is 70.3 Å². The maximum Gasteiger partial charge on any atom is 0.247 e. The van der Waals surface area contributed by atoms with Crippen LogP contribution in [0, 0.1) is 10.8 Å². The molecular weight excluding hydrogens is 801 g/mol. The fraction of sp³-hybridized carbons (Fsp3) is 0.591. The fourth-order valence-electron chi connectivity index (χ4n) is 8.95. The molecule has 4 fully saturated rings. The number of nitrogens with zero attached hydrogens (tertiary/aromatic N) is 2. The largest absolute Gasteiger partial charge is 0.343 e. The van der Waals surface area contributed by atoms with Crippen LogP contribution in [0.15, 0.2) is 48.5 Å². The van der Waals surface area contributed by atoms with E-state index in [1.54, 1.807) is 61.3 Å². The number of hydrogen-bond acceptors (Lipinski definition) is 10. The van der Waals surface area contributed by atoms with Gasteiger partial charge in [-0.05, 0) is 112 Å². The number of fused-ring (bicyclic) bond motifs is 2. The van der Waals surface area contributed by atoms with E-state index in [9.17, 15) is 28.8 Å². The number of likely N-dealkylation sites (N-methyl/N-ethyl adjacent to an activating group) is 2. The summed E-state index contributed by atoms with van der Waals surface area (Å²) >= 11 is 3.31. The molecule has 0 bridgehead atoms. The molecule has 0 radical (unpaired) electrons. The van der Waals surface area contributed by atoms with E-state index in [-0.39, 0.29) is 46.2 Å². The molecular formula is C44H62N8O6S2. The molecule has 60 heavy (non-hydrogen) atoms. The predicted molar refractivity (Wildman–Crippen MR) is 238 cm³/mol. The Labute approximate surface area is 362 Å². The van der Waals surface area contributed by atoms with Crippen molar-refractivity contribution in [2.75, 3.05) is 36.2 Å². The van der Waals surface area contributed by atoms with E-state index in [0.29, 0.717) is 61.4 Å². The molecule has 16 heteroatoms. The minimum atomic E-state index is -0.747. The summed E-state index contributed by atoms with van der Waals surface area (Å²) < 4.78 is 0. The minimum Gasteiger partial charge on any atom is -0.343 e. The van der Waals surface area contributed by atoms with Gasteiger partial charge < -0.3 is 41.7 Å². The summed E-state index contributed by atoms with van der Waals surface area (Å²) in [5, 5.41) is 17.7. The highest BCUT2D eigenvalue weighted by Crippen LogP contribution is 2.48. The molecule has 2 aromatic carbocycles. The molecule has 4 saturated heterocycles. The Morgan fingerprint density at radius 2 is 1.02 bits per heavy atom. The average molecular weight is 863 g/mol. The van der Waals surface area contributed by atoms with Crippen molar-refractivity contribution < 1.29 is 28.8 Å². The number of amides is 6. The van der Waals surface area contributed by atoms with E-state index >= 15 is 0 Å². The molecule has 0 spiro atoms. The predicted octanol–water partition coefficient (Wildman–Crippen LogP) is 3.71. The van der Waals surface area contributed by atoms with E-state index < -0.39 is 47.1 Å². The Morgan fingerprint density at radius 3 is 1.38 bits per heavy atom. The molecule has 0 aliphatic carbocycles. The number of hydrogen-bond donors (Lipinski definition) is 6. The van der Waals surface area contributed by atoms with E-state index in [0.717, 1.165) is 11.1 Å². The number of aryl methyl sites for hydroxylation is 2. The number of anilines is 2. The van der Waals surface area contributed by atoms with E-state index in [1.165, 1.54) is 0 Å². The number of rotatable bonds is 13. The van der Waals surface area contributed by atoms with Crippen molar-refractivity contribution in [1.82, 2.24) is 31.1 Å². The van der Waals surface area contributed by atoms with Crippen LogP contribution in [0.1, 0.15) is 78.4 Å². The van der Waals surface area contributed by atoms with E-state index in [4.69, 9.17) is 0 Å². The zero-order valence-corrected chi connectivity index (χ0v) is 37.7. The molecule has 6 N–H and O–H groups in total. The van der Waals surface area contributed by atoms with Crippen molar-refractivity contribution in [2.24, 2.45) is 10.8 Å². The first kappa shape index (κ1) is 45.4. The molecule has 0 saturated carbocycles. The molecule has 2 aromatic rings. The Morgan fingerprint density at radius 1 is 0.650 bits per heavy atom. The van der Waals surface area contributed by atoms with Crippen molar-refractivity contribution in [2.45, 2.75) is 127 Å². The van der Waals surface area contributed by atoms with Crippen molar-refractivity contribution in [3.63, 3.8) is 0 Å². The van der Waals surface area contributed by atoms with Crippen molar-refractivity contribution in [1.29, 1.82) is 0 Å². The summed E-state index contributed by atoms with van der Waals surface area (Å²) in [7, 11) is 3.39. The highest BCUT2D eigenvalue weighted by atomic mass is 32.2. The van der Waals surface area contributed by atoms with Gasteiger partial charge >= 0.3 is 0 Å². The summed E-state index contributed by atoms with van der Waals surface area (Å²) in [6, 6.07) is 11.4. The van der Waals surface area contributed by atoms with Gasteiger partial charge in [0.1, 0.15) is 24.2 Å². The van der Waals surface area contributed by atoms with Crippen LogP contribution in [-0.2, 0) is 41.6 Å². The Hall–Kier alpha value is -4.12. The third kappa shape index (κ3) is 9.66. The topological polar surface area (TPSA) is 181 Å². The van der Waals surface area contributed by atoms with Crippen LogP contribution >= 0.6 is 23.5 Å². The first-order valence-corrected chi connectivity index (χ1v) is 23.2. The van der Waals surface area contributed by atoms with Crippen molar-refractivity contribution in [3.05, 3.63) is 59.7 Å². The van der Waals surface area contributed by atoms with Crippen LogP contribution in [0.4, 0.5) is 11.4 Å². The van der Waals surface area contributed by atoms with Crippen LogP contribution in [0.5, 0.6) is 0 Å². The van der Waals surface area contributed by atoms with Crippen LogP contribution in [-0.4, -0.2) is 118 Å². The van der Waals surface area contributed by atoms with Gasteiger partial charge in [0.25, 0.3) is 0 Å². The number of thioether (sulfide) groups is 2. The fourth-order valence-corrected chi connectivity index (χ4v) is 12.1. The molecule has 4 aliphatic rings. The second-order valence-electron chi connectivity index (χ2n) is 17.8. The SMILES string of the molecule is CN[C@@H](C)C(=O)N[C@H]1CCSC2CC(C)(C)[C@@H](C(=O)Nc3ccccc3CCc3ccccc3NC(=O)[C@H]3N4C(=O)[C@@H](NC(=O)[C@H](C)NC)CCSC4CC3(C)C)N2C1=O. The molecule has 0 aromatic heterocycles. The molecule has 8 atom stereocenters. The summed E-state index contributed by atoms with van der Waals surface area (Å²) in [5.41, 5.74) is 2.06.